The quantitative estimate of drug-likeness (QED) is 0.624. The molecule has 0 radical (unpaired) electrons. The van der Waals surface area contributed by atoms with Crippen LogP contribution in [0.15, 0.2) is 0 Å². The molecule has 1 fully saturated rings. The zero-order valence-electron chi connectivity index (χ0n) is 7.49. The van der Waals surface area contributed by atoms with Gasteiger partial charge in [-0.15, -0.1) is 0 Å². The van der Waals surface area contributed by atoms with Gasteiger partial charge in [0.05, 0.1) is 13.2 Å². The lowest BCUT2D eigenvalue weighted by Crippen LogP contribution is -2.46. The van der Waals surface area contributed by atoms with Crippen LogP contribution < -0.4 is 0 Å². The van der Waals surface area contributed by atoms with E-state index >= 15 is 0 Å². The van der Waals surface area contributed by atoms with Crippen LogP contribution in [0.5, 0.6) is 0 Å². The minimum Gasteiger partial charge on any atom is -0.366 e. The van der Waals surface area contributed by atoms with E-state index < -0.39 is 6.10 Å². The molecule has 1 atom stereocenters. The number of carbonyl (C=O) groups is 1. The summed E-state index contributed by atoms with van der Waals surface area (Å²) >= 11 is 0. The number of carbonyl (C=O) groups excluding carboxylic acids is 1. The van der Waals surface area contributed by atoms with Gasteiger partial charge in [0.1, 0.15) is 6.10 Å². The van der Waals surface area contributed by atoms with Crippen molar-refractivity contribution in [3.63, 3.8) is 0 Å². The number of nitrogens with zero attached hydrogens (tertiary/aromatic N) is 1. The molecule has 1 amide bonds. The minimum atomic E-state index is -0.441. The molecule has 4 nitrogen and oxygen atoms in total. The molecule has 70 valence electrons. The standard InChI is InChI=1S/C8H15NO3/c1-6(2)5-7-8(10)9(11)3-4-12-7/h6-7,11H,3-5H2,1-2H3. The third kappa shape index (κ3) is 2.19. The first-order valence-corrected chi connectivity index (χ1v) is 4.23. The number of rotatable bonds is 2. The maximum Gasteiger partial charge on any atom is 0.275 e. The fourth-order valence-electron chi connectivity index (χ4n) is 1.23. The van der Waals surface area contributed by atoms with Gasteiger partial charge in [0, 0.05) is 0 Å². The van der Waals surface area contributed by atoms with E-state index in [-0.39, 0.29) is 12.5 Å². The topological polar surface area (TPSA) is 49.8 Å². The average molecular weight is 173 g/mol. The van der Waals surface area contributed by atoms with Crippen LogP contribution >= 0.6 is 0 Å². The van der Waals surface area contributed by atoms with Crippen molar-refractivity contribution in [3.8, 4) is 0 Å². The SMILES string of the molecule is CC(C)CC1OCCN(O)C1=O. The third-order valence-corrected chi connectivity index (χ3v) is 1.84. The van der Waals surface area contributed by atoms with Crippen molar-refractivity contribution >= 4 is 5.91 Å². The maximum atomic E-state index is 11.2. The van der Waals surface area contributed by atoms with Gasteiger partial charge in [-0.05, 0) is 12.3 Å². The highest BCUT2D eigenvalue weighted by atomic mass is 16.6. The van der Waals surface area contributed by atoms with E-state index in [0.29, 0.717) is 18.9 Å². The summed E-state index contributed by atoms with van der Waals surface area (Å²) in [5, 5.41) is 9.81. The monoisotopic (exact) mass is 173 g/mol. The molecular formula is C8H15NO3. The number of hydroxylamine groups is 2. The predicted molar refractivity (Wildman–Crippen MR) is 42.7 cm³/mol. The second kappa shape index (κ2) is 3.87. The Hall–Kier alpha value is -0.610. The second-order valence-electron chi connectivity index (χ2n) is 3.45. The number of hydrogen-bond acceptors (Lipinski definition) is 3. The van der Waals surface area contributed by atoms with Gasteiger partial charge >= 0.3 is 0 Å². The fourth-order valence-corrected chi connectivity index (χ4v) is 1.23. The first-order valence-electron chi connectivity index (χ1n) is 4.23. The Bertz CT molecular complexity index is 170. The largest absolute Gasteiger partial charge is 0.366 e. The van der Waals surface area contributed by atoms with Crippen molar-refractivity contribution in [3.05, 3.63) is 0 Å². The van der Waals surface area contributed by atoms with E-state index in [1.807, 2.05) is 13.8 Å². The summed E-state index contributed by atoms with van der Waals surface area (Å²) in [5.41, 5.74) is 0. The lowest BCUT2D eigenvalue weighted by Gasteiger charge is -2.28. The molecule has 0 aromatic rings. The number of hydrogen-bond donors (Lipinski definition) is 1. The van der Waals surface area contributed by atoms with E-state index in [1.165, 1.54) is 0 Å². The van der Waals surface area contributed by atoms with Crippen LogP contribution in [0.1, 0.15) is 20.3 Å². The fraction of sp³-hybridized carbons (Fsp3) is 0.875. The zero-order valence-corrected chi connectivity index (χ0v) is 7.49. The molecular weight excluding hydrogens is 158 g/mol. The number of amides is 1. The van der Waals surface area contributed by atoms with Crippen LogP contribution in [0.25, 0.3) is 0 Å². The molecule has 0 aromatic carbocycles. The van der Waals surface area contributed by atoms with Gasteiger partial charge in [-0.2, -0.15) is 0 Å². The summed E-state index contributed by atoms with van der Waals surface area (Å²) < 4.78 is 5.22. The summed E-state index contributed by atoms with van der Waals surface area (Å²) in [5.74, 6) is 0.0976. The molecule has 0 spiro atoms. The highest BCUT2D eigenvalue weighted by molar-refractivity contribution is 5.80. The molecule has 0 bridgehead atoms. The lowest BCUT2D eigenvalue weighted by atomic mass is 10.0. The molecule has 0 saturated carbocycles. The first kappa shape index (κ1) is 9.48. The van der Waals surface area contributed by atoms with E-state index in [0.717, 1.165) is 5.06 Å². The van der Waals surface area contributed by atoms with Crippen molar-refractivity contribution in [2.45, 2.75) is 26.4 Å². The smallest absolute Gasteiger partial charge is 0.275 e. The van der Waals surface area contributed by atoms with Crippen LogP contribution in [0, 0.1) is 5.92 Å². The minimum absolute atomic E-state index is 0.285. The zero-order chi connectivity index (χ0) is 9.14. The van der Waals surface area contributed by atoms with E-state index in [1.54, 1.807) is 0 Å². The average Bonchev–Trinajstić information content (AvgIpc) is 1.98. The van der Waals surface area contributed by atoms with Crippen molar-refractivity contribution in [2.24, 2.45) is 5.92 Å². The van der Waals surface area contributed by atoms with Gasteiger partial charge in [0.25, 0.3) is 5.91 Å². The number of morpholine rings is 1. The van der Waals surface area contributed by atoms with Gasteiger partial charge in [0.15, 0.2) is 0 Å². The predicted octanol–water partition coefficient (Wildman–Crippen LogP) is 0.649. The number of ether oxygens (including phenoxy) is 1. The van der Waals surface area contributed by atoms with Gasteiger partial charge in [-0.25, -0.2) is 5.06 Å². The van der Waals surface area contributed by atoms with Crippen molar-refractivity contribution in [2.75, 3.05) is 13.2 Å². The van der Waals surface area contributed by atoms with Crippen LogP contribution in [0.4, 0.5) is 0 Å². The van der Waals surface area contributed by atoms with Crippen molar-refractivity contribution in [1.82, 2.24) is 5.06 Å². The lowest BCUT2D eigenvalue weighted by molar-refractivity contribution is -0.196. The summed E-state index contributed by atoms with van der Waals surface area (Å²) in [4.78, 5) is 11.2. The highest BCUT2D eigenvalue weighted by Crippen LogP contribution is 2.13. The Labute approximate surface area is 72.1 Å². The summed E-state index contributed by atoms with van der Waals surface area (Å²) in [7, 11) is 0. The van der Waals surface area contributed by atoms with Crippen molar-refractivity contribution in [1.29, 1.82) is 0 Å². The van der Waals surface area contributed by atoms with Gasteiger partial charge < -0.3 is 4.74 Å². The summed E-state index contributed by atoms with van der Waals surface area (Å²) in [6.45, 7) is 4.76. The molecule has 1 saturated heterocycles. The van der Waals surface area contributed by atoms with E-state index in [2.05, 4.69) is 0 Å². The molecule has 1 heterocycles. The Morgan fingerprint density at radius 3 is 3.00 bits per heavy atom. The van der Waals surface area contributed by atoms with Crippen LogP contribution in [0.3, 0.4) is 0 Å². The molecule has 4 heteroatoms. The molecule has 1 aliphatic heterocycles. The van der Waals surface area contributed by atoms with Crippen LogP contribution in [0.2, 0.25) is 0 Å². The van der Waals surface area contributed by atoms with Crippen LogP contribution in [-0.4, -0.2) is 35.4 Å². The summed E-state index contributed by atoms with van der Waals surface area (Å²) in [6, 6.07) is 0. The van der Waals surface area contributed by atoms with E-state index in [9.17, 15) is 4.79 Å². The molecule has 1 aliphatic rings. The van der Waals surface area contributed by atoms with E-state index in [4.69, 9.17) is 9.94 Å². The van der Waals surface area contributed by atoms with Gasteiger partial charge in [-0.3, -0.25) is 10.0 Å². The maximum absolute atomic E-state index is 11.2. The van der Waals surface area contributed by atoms with Crippen LogP contribution in [-0.2, 0) is 9.53 Å². The third-order valence-electron chi connectivity index (χ3n) is 1.84. The first-order chi connectivity index (χ1) is 5.61. The Morgan fingerprint density at radius 2 is 2.42 bits per heavy atom. The van der Waals surface area contributed by atoms with Gasteiger partial charge in [0.2, 0.25) is 0 Å². The molecule has 1 rings (SSSR count). The Balaban J connectivity index is 2.46. The second-order valence-corrected chi connectivity index (χ2v) is 3.45. The Morgan fingerprint density at radius 1 is 1.75 bits per heavy atom. The molecule has 0 aromatic heterocycles. The normalized spacial score (nSPS) is 25.2. The molecule has 1 unspecified atom stereocenters. The van der Waals surface area contributed by atoms with Gasteiger partial charge in [-0.1, -0.05) is 13.8 Å². The van der Waals surface area contributed by atoms with Crippen molar-refractivity contribution < 1.29 is 14.7 Å². The molecule has 0 aliphatic carbocycles. The molecule has 12 heavy (non-hydrogen) atoms. The molecule has 1 N–H and O–H groups in total. The Kier molecular flexibility index (Phi) is 3.05. The highest BCUT2D eigenvalue weighted by Gasteiger charge is 2.28. The summed E-state index contributed by atoms with van der Waals surface area (Å²) in [6.07, 6.45) is 0.236.